The fourth-order valence-corrected chi connectivity index (χ4v) is 4.56. The van der Waals surface area contributed by atoms with Crippen LogP contribution in [-0.4, -0.2) is 28.4 Å². The molecule has 1 N–H and O–H groups in total. The first-order valence-corrected chi connectivity index (χ1v) is 10.3. The van der Waals surface area contributed by atoms with Gasteiger partial charge in [0.05, 0.1) is 19.4 Å². The molecule has 13 heteroatoms. The number of ether oxygens (including phenoxy) is 1. The second-order valence-electron chi connectivity index (χ2n) is 6.40. The molecule has 2 saturated heterocycles. The summed E-state index contributed by atoms with van der Waals surface area (Å²) >= 11 is 5.68. The Morgan fingerprint density at radius 3 is 2.83 bits per heavy atom. The molecule has 1 unspecified atom stereocenters. The number of aromatic nitrogens is 2. The summed E-state index contributed by atoms with van der Waals surface area (Å²) in [5, 5.41) is 0.203. The molecule has 2 aromatic rings. The van der Waals surface area contributed by atoms with Gasteiger partial charge >= 0.3 is 13.5 Å². The Morgan fingerprint density at radius 2 is 2.07 bits per heavy atom. The lowest BCUT2D eigenvalue weighted by atomic mass is 10.2. The summed E-state index contributed by atoms with van der Waals surface area (Å²) in [6.07, 6.45) is -1.69. The number of benzene rings is 1. The number of hydrogen-bond acceptors (Lipinski definition) is 7. The van der Waals surface area contributed by atoms with Crippen LogP contribution in [0.3, 0.4) is 0 Å². The number of nitrogens with one attached hydrogen (secondary N) is 1. The van der Waals surface area contributed by atoms with Crippen molar-refractivity contribution in [1.82, 2.24) is 9.55 Å². The summed E-state index contributed by atoms with van der Waals surface area (Å²) in [7, 11) is -4.03. The highest BCUT2D eigenvalue weighted by Gasteiger charge is 2.48. The van der Waals surface area contributed by atoms with Crippen molar-refractivity contribution in [3.63, 3.8) is 0 Å². The Bertz CT molecular complexity index is 1110. The largest absolute Gasteiger partial charge is 0.475 e. The maximum Gasteiger partial charge on any atom is 0.475 e. The number of nitrogens with zero attached hydrogens (tertiary/aromatic N) is 1. The molecular weight excluding hydrogens is 437 g/mol. The van der Waals surface area contributed by atoms with E-state index in [9.17, 15) is 22.9 Å². The molecule has 0 bridgehead atoms. The predicted octanol–water partition coefficient (Wildman–Crippen LogP) is 2.50. The lowest BCUT2D eigenvalue weighted by Crippen LogP contribution is -2.34. The van der Waals surface area contributed by atoms with Crippen LogP contribution in [0.15, 0.2) is 34.0 Å². The highest BCUT2D eigenvalue weighted by Crippen LogP contribution is 2.57. The molecule has 2 fully saturated rings. The zero-order valence-corrected chi connectivity index (χ0v) is 16.2. The molecule has 2 aliphatic heterocycles. The number of hydrogen-bond donors (Lipinski definition) is 1. The first-order chi connectivity index (χ1) is 13.7. The van der Waals surface area contributed by atoms with Gasteiger partial charge in [-0.25, -0.2) is 13.8 Å². The maximum atomic E-state index is 13.8. The van der Waals surface area contributed by atoms with Crippen molar-refractivity contribution in [3.05, 3.63) is 67.5 Å². The standard InChI is InChI=1S/C16H14ClF2N2O7P/c17-9-2-1-8(10(18)3-9)6-25-29(24)26-7-13-12(28-29)4-14(27-13)21-5-11(19)15(22)20-16(21)23/h1-3,5,12-14H,4,6-7H2,(H,20,22,23)/t12-,13+,14+,29?/m0/s1. The van der Waals surface area contributed by atoms with Crippen molar-refractivity contribution >= 4 is 19.4 Å². The van der Waals surface area contributed by atoms with E-state index in [0.717, 1.165) is 16.8 Å². The first kappa shape index (κ1) is 20.4. The van der Waals surface area contributed by atoms with E-state index >= 15 is 0 Å². The van der Waals surface area contributed by atoms with Crippen LogP contribution in [0.25, 0.3) is 0 Å². The SMILES string of the molecule is O=c1[nH]c(=O)n([C@H]2C[C@@H]3OP(=O)(OCc4ccc(Cl)cc4F)OC[C@H]3O2)cc1F. The fourth-order valence-electron chi connectivity index (χ4n) is 3.02. The lowest BCUT2D eigenvalue weighted by molar-refractivity contribution is -0.0732. The van der Waals surface area contributed by atoms with E-state index in [2.05, 4.69) is 0 Å². The highest BCUT2D eigenvalue weighted by atomic mass is 35.5. The minimum atomic E-state index is -4.03. The Labute approximate surface area is 166 Å². The van der Waals surface area contributed by atoms with Crippen LogP contribution >= 0.6 is 19.4 Å². The molecular formula is C16H14ClF2N2O7P. The zero-order valence-electron chi connectivity index (χ0n) is 14.5. The molecule has 9 nitrogen and oxygen atoms in total. The molecule has 0 spiro atoms. The Balaban J connectivity index is 1.45. The molecule has 0 amide bonds. The third-order valence-electron chi connectivity index (χ3n) is 4.47. The minimum absolute atomic E-state index is 0.0298. The number of rotatable bonds is 4. The number of aromatic amines is 1. The van der Waals surface area contributed by atoms with Gasteiger partial charge in [0.2, 0.25) is 5.82 Å². The van der Waals surface area contributed by atoms with E-state index in [1.165, 1.54) is 12.1 Å². The topological polar surface area (TPSA) is 109 Å². The van der Waals surface area contributed by atoms with E-state index in [1.807, 2.05) is 4.98 Å². The third kappa shape index (κ3) is 4.20. The van der Waals surface area contributed by atoms with Crippen molar-refractivity contribution in [3.8, 4) is 0 Å². The van der Waals surface area contributed by atoms with Crippen molar-refractivity contribution in [1.29, 1.82) is 0 Å². The second kappa shape index (κ2) is 7.75. The molecule has 0 saturated carbocycles. The van der Waals surface area contributed by atoms with Crippen molar-refractivity contribution in [2.24, 2.45) is 0 Å². The van der Waals surface area contributed by atoms with Gasteiger partial charge in [-0.15, -0.1) is 0 Å². The Kier molecular flexibility index (Phi) is 5.45. The summed E-state index contributed by atoms with van der Waals surface area (Å²) in [5.41, 5.74) is -1.90. The third-order valence-corrected chi connectivity index (χ3v) is 6.14. The first-order valence-electron chi connectivity index (χ1n) is 8.42. The van der Waals surface area contributed by atoms with Crippen LogP contribution in [-0.2, 0) is 29.5 Å². The molecule has 4 rings (SSSR count). The van der Waals surface area contributed by atoms with Gasteiger partial charge in [0.1, 0.15) is 24.3 Å². The van der Waals surface area contributed by atoms with Gasteiger partial charge in [-0.05, 0) is 12.1 Å². The molecule has 2 aliphatic rings. The molecule has 29 heavy (non-hydrogen) atoms. The second-order valence-corrected chi connectivity index (χ2v) is 8.46. The average molecular weight is 451 g/mol. The number of halogens is 3. The van der Waals surface area contributed by atoms with Crippen LogP contribution < -0.4 is 11.2 Å². The van der Waals surface area contributed by atoms with Gasteiger partial charge in [0, 0.05) is 17.0 Å². The zero-order chi connectivity index (χ0) is 20.8. The van der Waals surface area contributed by atoms with Crippen molar-refractivity contribution < 1.29 is 31.7 Å². The summed E-state index contributed by atoms with van der Waals surface area (Å²) in [4.78, 5) is 24.9. The van der Waals surface area contributed by atoms with Crippen LogP contribution in [0.2, 0.25) is 5.02 Å². The summed E-state index contributed by atoms with van der Waals surface area (Å²) in [6, 6.07) is 3.92. The van der Waals surface area contributed by atoms with Gasteiger partial charge < -0.3 is 4.74 Å². The Morgan fingerprint density at radius 1 is 1.28 bits per heavy atom. The molecule has 0 aliphatic carbocycles. The van der Waals surface area contributed by atoms with E-state index in [1.54, 1.807) is 0 Å². The summed E-state index contributed by atoms with van der Waals surface area (Å²) in [5.74, 6) is -1.79. The lowest BCUT2D eigenvalue weighted by Gasteiger charge is -2.29. The van der Waals surface area contributed by atoms with Gasteiger partial charge in [-0.3, -0.25) is 27.9 Å². The normalized spacial score (nSPS) is 29.0. The molecule has 1 aromatic heterocycles. The Hall–Kier alpha value is -1.88. The smallest absolute Gasteiger partial charge is 0.349 e. The fraction of sp³-hybridized carbons (Fsp3) is 0.375. The van der Waals surface area contributed by atoms with E-state index < -0.39 is 49.1 Å². The van der Waals surface area contributed by atoms with Crippen molar-refractivity contribution in [2.45, 2.75) is 31.5 Å². The van der Waals surface area contributed by atoms with Gasteiger partial charge in [-0.1, -0.05) is 17.7 Å². The quantitative estimate of drug-likeness (QED) is 0.713. The summed E-state index contributed by atoms with van der Waals surface area (Å²) < 4.78 is 62.2. The number of fused-ring (bicyclic) bond motifs is 1. The van der Waals surface area contributed by atoms with Crippen LogP contribution in [0.4, 0.5) is 8.78 Å². The van der Waals surface area contributed by atoms with Crippen LogP contribution in [0.1, 0.15) is 18.2 Å². The predicted molar refractivity (Wildman–Crippen MR) is 94.4 cm³/mol. The molecule has 3 heterocycles. The highest BCUT2D eigenvalue weighted by molar-refractivity contribution is 7.48. The van der Waals surface area contributed by atoms with Gasteiger partial charge in [0.25, 0.3) is 5.56 Å². The van der Waals surface area contributed by atoms with Crippen molar-refractivity contribution in [2.75, 3.05) is 6.61 Å². The average Bonchev–Trinajstić information content (AvgIpc) is 3.06. The van der Waals surface area contributed by atoms with Gasteiger partial charge in [0.15, 0.2) is 0 Å². The summed E-state index contributed by atoms with van der Waals surface area (Å²) in [6.45, 7) is -0.561. The monoisotopic (exact) mass is 450 g/mol. The molecule has 1 aromatic carbocycles. The van der Waals surface area contributed by atoms with Gasteiger partial charge in [-0.2, -0.15) is 4.39 Å². The van der Waals surface area contributed by atoms with E-state index in [4.69, 9.17) is 29.9 Å². The van der Waals surface area contributed by atoms with E-state index in [-0.39, 0.29) is 30.2 Å². The molecule has 4 atom stereocenters. The van der Waals surface area contributed by atoms with Crippen LogP contribution in [0, 0.1) is 11.6 Å². The number of H-pyrrole nitrogens is 1. The van der Waals surface area contributed by atoms with E-state index in [0.29, 0.717) is 0 Å². The molecule has 0 radical (unpaired) electrons. The van der Waals surface area contributed by atoms with Crippen LogP contribution in [0.5, 0.6) is 0 Å². The molecule has 156 valence electrons. The number of phosphoric acid groups is 1. The number of phosphoric ester groups is 1. The minimum Gasteiger partial charge on any atom is -0.349 e. The maximum absolute atomic E-state index is 13.8.